The monoisotopic (exact) mass is 240 g/mol. The molecule has 0 aliphatic carbocycles. The maximum absolute atomic E-state index is 11.7. The third-order valence-electron chi connectivity index (χ3n) is 2.33. The molecule has 17 heavy (non-hydrogen) atoms. The van der Waals surface area contributed by atoms with Crippen molar-refractivity contribution in [3.05, 3.63) is 12.7 Å². The van der Waals surface area contributed by atoms with E-state index in [-0.39, 0.29) is 12.0 Å². The molecule has 6 nitrogen and oxygen atoms in total. The quantitative estimate of drug-likeness (QED) is 0.674. The number of nitrogens with one attached hydrogen (secondary N) is 1. The summed E-state index contributed by atoms with van der Waals surface area (Å²) in [6.45, 7) is 5.74. The van der Waals surface area contributed by atoms with Gasteiger partial charge < -0.3 is 10.1 Å². The summed E-state index contributed by atoms with van der Waals surface area (Å²) < 4.78 is 6.73. The molecule has 1 N–H and O–H groups in total. The van der Waals surface area contributed by atoms with E-state index in [0.29, 0.717) is 19.6 Å². The van der Waals surface area contributed by atoms with Crippen LogP contribution in [0, 0.1) is 0 Å². The van der Waals surface area contributed by atoms with Gasteiger partial charge in [0.1, 0.15) is 18.7 Å². The van der Waals surface area contributed by atoms with E-state index in [1.807, 2.05) is 6.92 Å². The van der Waals surface area contributed by atoms with E-state index in [1.165, 1.54) is 6.33 Å². The predicted octanol–water partition coefficient (Wildman–Crippen LogP) is 0.599. The summed E-state index contributed by atoms with van der Waals surface area (Å²) in [4.78, 5) is 15.5. The van der Waals surface area contributed by atoms with Gasteiger partial charge in [-0.2, -0.15) is 5.10 Å². The van der Waals surface area contributed by atoms with E-state index in [4.69, 9.17) is 4.74 Å². The minimum atomic E-state index is -0.265. The van der Waals surface area contributed by atoms with Crippen molar-refractivity contribution in [3.63, 3.8) is 0 Å². The van der Waals surface area contributed by atoms with Gasteiger partial charge in [-0.1, -0.05) is 6.92 Å². The van der Waals surface area contributed by atoms with Crippen LogP contribution in [-0.4, -0.2) is 39.9 Å². The highest BCUT2D eigenvalue weighted by molar-refractivity contribution is 5.75. The number of rotatable bonds is 8. The van der Waals surface area contributed by atoms with Crippen LogP contribution < -0.4 is 5.32 Å². The number of carbonyl (C=O) groups excluding carboxylic acids is 1. The molecule has 0 spiro atoms. The van der Waals surface area contributed by atoms with E-state index < -0.39 is 0 Å². The first-order valence-electron chi connectivity index (χ1n) is 6.00. The highest BCUT2D eigenvalue weighted by Gasteiger charge is 2.18. The van der Waals surface area contributed by atoms with Crippen molar-refractivity contribution in [2.45, 2.75) is 39.3 Å². The summed E-state index contributed by atoms with van der Waals surface area (Å²) in [6.07, 6.45) is 4.77. The summed E-state index contributed by atoms with van der Waals surface area (Å²) in [7, 11) is 0. The molecular weight excluding hydrogens is 220 g/mol. The fraction of sp³-hybridized carbons (Fsp3) is 0.727. The zero-order chi connectivity index (χ0) is 12.5. The van der Waals surface area contributed by atoms with Crippen LogP contribution in [0.15, 0.2) is 12.7 Å². The number of aromatic nitrogens is 3. The van der Waals surface area contributed by atoms with Crippen LogP contribution in [0.4, 0.5) is 0 Å². The van der Waals surface area contributed by atoms with Crippen molar-refractivity contribution < 1.29 is 9.53 Å². The van der Waals surface area contributed by atoms with Gasteiger partial charge >= 0.3 is 5.97 Å². The van der Waals surface area contributed by atoms with Crippen molar-refractivity contribution in [1.82, 2.24) is 20.1 Å². The number of hydrogen-bond donors (Lipinski definition) is 1. The van der Waals surface area contributed by atoms with E-state index in [9.17, 15) is 4.79 Å². The van der Waals surface area contributed by atoms with Crippen LogP contribution in [0.5, 0.6) is 0 Å². The molecule has 1 aromatic heterocycles. The topological polar surface area (TPSA) is 69.0 Å². The van der Waals surface area contributed by atoms with Gasteiger partial charge in [0.25, 0.3) is 0 Å². The molecule has 1 unspecified atom stereocenters. The number of ether oxygens (including phenoxy) is 1. The Bertz CT molecular complexity index is 313. The van der Waals surface area contributed by atoms with Crippen LogP contribution in [0.3, 0.4) is 0 Å². The van der Waals surface area contributed by atoms with Gasteiger partial charge in [0, 0.05) is 6.54 Å². The number of hydrogen-bond acceptors (Lipinski definition) is 5. The van der Waals surface area contributed by atoms with Crippen molar-refractivity contribution in [1.29, 1.82) is 0 Å². The van der Waals surface area contributed by atoms with E-state index in [2.05, 4.69) is 22.3 Å². The molecule has 1 rings (SSSR count). The fourth-order valence-corrected chi connectivity index (χ4v) is 1.47. The molecule has 0 aliphatic heterocycles. The summed E-state index contributed by atoms with van der Waals surface area (Å²) in [6, 6.07) is -0.265. The third-order valence-corrected chi connectivity index (χ3v) is 2.33. The molecule has 0 bridgehead atoms. The van der Waals surface area contributed by atoms with Crippen LogP contribution in [0.1, 0.15) is 26.7 Å². The van der Waals surface area contributed by atoms with Gasteiger partial charge in [-0.05, 0) is 26.3 Å². The molecule has 0 amide bonds. The van der Waals surface area contributed by atoms with Crippen molar-refractivity contribution >= 4 is 5.97 Å². The first-order chi connectivity index (χ1) is 8.27. The third kappa shape index (κ3) is 4.95. The van der Waals surface area contributed by atoms with Gasteiger partial charge in [0.2, 0.25) is 0 Å². The standard InChI is InChI=1S/C11H20N4O2/c1-3-6-13-10(11(16)17-4-2)5-7-15-9-12-8-14-15/h8-10,13H,3-7H2,1-2H3. The van der Waals surface area contributed by atoms with Crippen molar-refractivity contribution in [2.75, 3.05) is 13.2 Å². The average molecular weight is 240 g/mol. The van der Waals surface area contributed by atoms with E-state index >= 15 is 0 Å². The molecule has 0 saturated carbocycles. The minimum absolute atomic E-state index is 0.193. The van der Waals surface area contributed by atoms with E-state index in [1.54, 1.807) is 11.0 Å². The van der Waals surface area contributed by atoms with Crippen molar-refractivity contribution in [3.8, 4) is 0 Å². The summed E-state index contributed by atoms with van der Waals surface area (Å²) in [5, 5.41) is 7.18. The van der Waals surface area contributed by atoms with Gasteiger partial charge in [-0.3, -0.25) is 9.48 Å². The largest absolute Gasteiger partial charge is 0.465 e. The molecule has 6 heteroatoms. The molecular formula is C11H20N4O2. The first-order valence-corrected chi connectivity index (χ1v) is 6.00. The average Bonchev–Trinajstić information content (AvgIpc) is 2.82. The predicted molar refractivity (Wildman–Crippen MR) is 63.4 cm³/mol. The Kier molecular flexibility index (Phi) is 6.24. The highest BCUT2D eigenvalue weighted by Crippen LogP contribution is 1.99. The molecule has 1 aromatic rings. The maximum Gasteiger partial charge on any atom is 0.323 e. The smallest absolute Gasteiger partial charge is 0.323 e. The zero-order valence-electron chi connectivity index (χ0n) is 10.4. The van der Waals surface area contributed by atoms with Crippen molar-refractivity contribution in [2.24, 2.45) is 0 Å². The SMILES string of the molecule is CCCNC(CCn1cncn1)C(=O)OCC. The zero-order valence-corrected chi connectivity index (χ0v) is 10.4. The number of esters is 1. The lowest BCUT2D eigenvalue weighted by atomic mass is 10.2. The molecule has 0 aromatic carbocycles. The molecule has 0 aliphatic rings. The lowest BCUT2D eigenvalue weighted by Gasteiger charge is -2.16. The second kappa shape index (κ2) is 7.78. The molecule has 0 saturated heterocycles. The van der Waals surface area contributed by atoms with Crippen LogP contribution in [0.25, 0.3) is 0 Å². The summed E-state index contributed by atoms with van der Waals surface area (Å²) >= 11 is 0. The Hall–Kier alpha value is -1.43. The number of carbonyl (C=O) groups is 1. The fourth-order valence-electron chi connectivity index (χ4n) is 1.47. The Morgan fingerprint density at radius 3 is 2.94 bits per heavy atom. The molecule has 0 fully saturated rings. The minimum Gasteiger partial charge on any atom is -0.465 e. The van der Waals surface area contributed by atoms with E-state index in [0.717, 1.165) is 13.0 Å². The second-order valence-electron chi connectivity index (χ2n) is 3.71. The maximum atomic E-state index is 11.7. The number of nitrogens with zero attached hydrogens (tertiary/aromatic N) is 3. The van der Waals surface area contributed by atoms with Gasteiger partial charge in [0.05, 0.1) is 6.61 Å². The molecule has 1 heterocycles. The van der Waals surface area contributed by atoms with Crippen LogP contribution >= 0.6 is 0 Å². The highest BCUT2D eigenvalue weighted by atomic mass is 16.5. The van der Waals surface area contributed by atoms with Crippen LogP contribution in [0.2, 0.25) is 0 Å². The summed E-state index contributed by atoms with van der Waals surface area (Å²) in [5.74, 6) is -0.193. The summed E-state index contributed by atoms with van der Waals surface area (Å²) in [5.41, 5.74) is 0. The first kappa shape index (κ1) is 13.6. The molecule has 1 atom stereocenters. The van der Waals surface area contributed by atoms with Gasteiger partial charge in [-0.15, -0.1) is 0 Å². The molecule has 0 radical (unpaired) electrons. The lowest BCUT2D eigenvalue weighted by Crippen LogP contribution is -2.39. The Labute approximate surface area is 101 Å². The Morgan fingerprint density at radius 1 is 1.53 bits per heavy atom. The van der Waals surface area contributed by atoms with Crippen LogP contribution in [-0.2, 0) is 16.1 Å². The van der Waals surface area contributed by atoms with Gasteiger partial charge in [0.15, 0.2) is 0 Å². The Morgan fingerprint density at radius 2 is 2.35 bits per heavy atom. The normalized spacial score (nSPS) is 12.4. The molecule has 96 valence electrons. The lowest BCUT2D eigenvalue weighted by molar-refractivity contribution is -0.145. The Balaban J connectivity index is 2.41. The number of aryl methyl sites for hydroxylation is 1. The second-order valence-corrected chi connectivity index (χ2v) is 3.71. The van der Waals surface area contributed by atoms with Gasteiger partial charge in [-0.25, -0.2) is 4.98 Å².